The van der Waals surface area contributed by atoms with E-state index in [2.05, 4.69) is 90.2 Å². The third-order valence-electron chi connectivity index (χ3n) is 5.66. The maximum absolute atomic E-state index is 6.48. The summed E-state index contributed by atoms with van der Waals surface area (Å²) in [6.07, 6.45) is 0.682. The molecule has 0 saturated carbocycles. The highest BCUT2D eigenvalue weighted by Crippen LogP contribution is 2.48. The number of nitrogens with zero attached hydrogens (tertiary/aromatic N) is 2. The summed E-state index contributed by atoms with van der Waals surface area (Å²) in [6.45, 7) is 6.58. The molecule has 0 spiro atoms. The summed E-state index contributed by atoms with van der Waals surface area (Å²) in [5.74, 6) is 1.46. The van der Waals surface area contributed by atoms with E-state index in [1.165, 1.54) is 20.9 Å². The molecule has 2 aromatic carbocycles. The Morgan fingerprint density at radius 1 is 1.10 bits per heavy atom. The van der Waals surface area contributed by atoms with Crippen LogP contribution in [0.1, 0.15) is 64.9 Å². The molecule has 0 N–H and O–H groups in total. The highest BCUT2D eigenvalue weighted by Gasteiger charge is 2.41. The molecule has 5 rings (SSSR count). The van der Waals surface area contributed by atoms with Crippen molar-refractivity contribution in [3.63, 3.8) is 0 Å². The highest BCUT2D eigenvalue weighted by molar-refractivity contribution is 9.10. The van der Waals surface area contributed by atoms with Gasteiger partial charge in [0.2, 0.25) is 6.23 Å². The zero-order chi connectivity index (χ0) is 20.1. The van der Waals surface area contributed by atoms with Crippen molar-refractivity contribution in [2.45, 2.75) is 45.4 Å². The fourth-order valence-corrected chi connectivity index (χ4v) is 5.30. The van der Waals surface area contributed by atoms with Gasteiger partial charge in [-0.05, 0) is 48.7 Å². The minimum atomic E-state index is -0.214. The minimum absolute atomic E-state index is 0.184. The van der Waals surface area contributed by atoms with Gasteiger partial charge in [0.25, 0.3) is 0 Å². The molecule has 5 heteroatoms. The first-order valence-electron chi connectivity index (χ1n) is 9.98. The van der Waals surface area contributed by atoms with Gasteiger partial charge in [0, 0.05) is 26.9 Å². The number of aryl methyl sites for hydroxylation is 1. The standard InChI is InChI=1S/C24H23BrN2OS/c1-14(2)16-5-7-17(8-6-16)24-27-21(19-12-18(25)9-10-22(19)28-24)13-20(26-27)23-11-4-15(3)29-23/h4-12,14,21,24H,13H2,1-3H3. The smallest absolute Gasteiger partial charge is 0.213 e. The van der Waals surface area contributed by atoms with Crippen LogP contribution in [-0.4, -0.2) is 10.7 Å². The van der Waals surface area contributed by atoms with E-state index in [1.807, 2.05) is 17.4 Å². The molecular formula is C24H23BrN2OS. The second kappa shape index (κ2) is 7.29. The second-order valence-corrected chi connectivity index (χ2v) is 10.2. The van der Waals surface area contributed by atoms with E-state index in [-0.39, 0.29) is 12.3 Å². The molecule has 2 aliphatic heterocycles. The molecule has 2 atom stereocenters. The molecule has 3 aromatic rings. The van der Waals surface area contributed by atoms with Crippen LogP contribution in [0.5, 0.6) is 5.75 Å². The van der Waals surface area contributed by atoms with Crippen LogP contribution in [-0.2, 0) is 0 Å². The van der Waals surface area contributed by atoms with Crippen LogP contribution < -0.4 is 4.74 Å². The van der Waals surface area contributed by atoms with E-state index in [4.69, 9.17) is 9.84 Å². The van der Waals surface area contributed by atoms with E-state index < -0.39 is 0 Å². The summed E-state index contributed by atoms with van der Waals surface area (Å²) in [5, 5.41) is 7.21. The van der Waals surface area contributed by atoms with Gasteiger partial charge in [0.15, 0.2) is 0 Å². The number of hydrogen-bond donors (Lipinski definition) is 0. The third kappa shape index (κ3) is 3.40. The predicted molar refractivity (Wildman–Crippen MR) is 123 cm³/mol. The van der Waals surface area contributed by atoms with Crippen LogP contribution in [0.3, 0.4) is 0 Å². The lowest BCUT2D eigenvalue weighted by Crippen LogP contribution is -2.33. The number of fused-ring (bicyclic) bond motifs is 3. The average Bonchev–Trinajstić information content (AvgIpc) is 3.34. The van der Waals surface area contributed by atoms with E-state index in [0.29, 0.717) is 5.92 Å². The second-order valence-electron chi connectivity index (χ2n) is 8.03. The monoisotopic (exact) mass is 466 g/mol. The van der Waals surface area contributed by atoms with Gasteiger partial charge in [-0.1, -0.05) is 54.0 Å². The fraction of sp³-hybridized carbons (Fsp3) is 0.292. The van der Waals surface area contributed by atoms with Gasteiger partial charge in [0.05, 0.1) is 16.6 Å². The van der Waals surface area contributed by atoms with Crippen molar-refractivity contribution >= 4 is 33.0 Å². The molecule has 0 radical (unpaired) electrons. The zero-order valence-electron chi connectivity index (χ0n) is 16.7. The normalized spacial score (nSPS) is 20.3. The molecule has 3 nitrogen and oxygen atoms in total. The number of ether oxygens (including phenoxy) is 1. The summed E-state index contributed by atoms with van der Waals surface area (Å²) in [6, 6.07) is 19.6. The molecule has 2 aliphatic rings. The van der Waals surface area contributed by atoms with Crippen LogP contribution in [0.25, 0.3) is 0 Å². The van der Waals surface area contributed by atoms with Gasteiger partial charge < -0.3 is 4.74 Å². The number of thiophene rings is 1. The Bertz CT molecular complexity index is 1090. The average molecular weight is 467 g/mol. The lowest BCUT2D eigenvalue weighted by molar-refractivity contribution is -0.0190. The Kier molecular flexibility index (Phi) is 4.75. The van der Waals surface area contributed by atoms with E-state index in [0.717, 1.165) is 27.9 Å². The Labute approximate surface area is 184 Å². The van der Waals surface area contributed by atoms with Gasteiger partial charge in [-0.15, -0.1) is 11.3 Å². The molecule has 3 heterocycles. The zero-order valence-corrected chi connectivity index (χ0v) is 19.1. The quantitative estimate of drug-likeness (QED) is 0.408. The molecule has 148 valence electrons. The van der Waals surface area contributed by atoms with Crippen molar-refractivity contribution in [3.8, 4) is 5.75 Å². The van der Waals surface area contributed by atoms with Crippen LogP contribution in [0.2, 0.25) is 0 Å². The minimum Gasteiger partial charge on any atom is -0.464 e. The Hall–Kier alpha value is -2.11. The van der Waals surface area contributed by atoms with Gasteiger partial charge in [-0.2, -0.15) is 5.10 Å². The summed E-state index contributed by atoms with van der Waals surface area (Å²) < 4.78 is 7.55. The SMILES string of the molecule is Cc1ccc(C2=NN3C(C2)c2cc(Br)ccc2OC3c2ccc(C(C)C)cc2)s1. The summed E-state index contributed by atoms with van der Waals surface area (Å²) >= 11 is 5.43. The summed E-state index contributed by atoms with van der Waals surface area (Å²) in [5.41, 5.74) is 4.82. The third-order valence-corrected chi connectivity index (χ3v) is 7.21. The van der Waals surface area contributed by atoms with Crippen molar-refractivity contribution in [1.82, 2.24) is 5.01 Å². The molecule has 2 unspecified atom stereocenters. The number of hydrogen-bond acceptors (Lipinski definition) is 4. The van der Waals surface area contributed by atoms with Crippen molar-refractivity contribution in [2.24, 2.45) is 5.10 Å². The van der Waals surface area contributed by atoms with Gasteiger partial charge in [-0.3, -0.25) is 0 Å². The fourth-order valence-electron chi connectivity index (χ4n) is 4.06. The van der Waals surface area contributed by atoms with Crippen LogP contribution in [0.4, 0.5) is 0 Å². The molecule has 0 bridgehead atoms. The highest BCUT2D eigenvalue weighted by atomic mass is 79.9. The number of hydrazone groups is 1. The van der Waals surface area contributed by atoms with Crippen molar-refractivity contribution in [2.75, 3.05) is 0 Å². The molecular weight excluding hydrogens is 444 g/mol. The molecule has 29 heavy (non-hydrogen) atoms. The largest absolute Gasteiger partial charge is 0.464 e. The maximum Gasteiger partial charge on any atom is 0.213 e. The van der Waals surface area contributed by atoms with Crippen molar-refractivity contribution < 1.29 is 4.74 Å². The van der Waals surface area contributed by atoms with Gasteiger partial charge in [-0.25, -0.2) is 5.01 Å². The molecule has 0 fully saturated rings. The number of rotatable bonds is 3. The Morgan fingerprint density at radius 2 is 1.90 bits per heavy atom. The molecule has 0 amide bonds. The lowest BCUT2D eigenvalue weighted by Gasteiger charge is -2.38. The van der Waals surface area contributed by atoms with E-state index >= 15 is 0 Å². The van der Waals surface area contributed by atoms with Crippen LogP contribution in [0, 0.1) is 6.92 Å². The number of benzene rings is 2. The Morgan fingerprint density at radius 3 is 2.59 bits per heavy atom. The molecule has 1 aromatic heterocycles. The van der Waals surface area contributed by atoms with E-state index in [9.17, 15) is 0 Å². The molecule has 0 saturated heterocycles. The molecule has 0 aliphatic carbocycles. The van der Waals surface area contributed by atoms with Gasteiger partial charge in [0.1, 0.15) is 5.75 Å². The summed E-state index contributed by atoms with van der Waals surface area (Å²) in [4.78, 5) is 2.56. The number of halogens is 1. The van der Waals surface area contributed by atoms with Gasteiger partial charge >= 0.3 is 0 Å². The predicted octanol–water partition coefficient (Wildman–Crippen LogP) is 7.18. The van der Waals surface area contributed by atoms with Crippen LogP contribution in [0.15, 0.2) is 64.2 Å². The first-order valence-corrected chi connectivity index (χ1v) is 11.6. The summed E-state index contributed by atoms with van der Waals surface area (Å²) in [7, 11) is 0. The van der Waals surface area contributed by atoms with E-state index in [1.54, 1.807) is 0 Å². The lowest BCUT2D eigenvalue weighted by atomic mass is 9.97. The first-order chi connectivity index (χ1) is 14.0. The van der Waals surface area contributed by atoms with Crippen LogP contribution >= 0.6 is 27.3 Å². The maximum atomic E-state index is 6.48. The topological polar surface area (TPSA) is 24.8 Å². The van der Waals surface area contributed by atoms with Crippen molar-refractivity contribution in [3.05, 3.63) is 85.5 Å². The Balaban J connectivity index is 1.57. The van der Waals surface area contributed by atoms with Crippen molar-refractivity contribution in [1.29, 1.82) is 0 Å². The first kappa shape index (κ1) is 18.9.